The number of allylic oxidation sites excluding steroid dienone is 2. The van der Waals surface area contributed by atoms with Crippen molar-refractivity contribution in [2.24, 2.45) is 4.99 Å². The third-order valence-corrected chi connectivity index (χ3v) is 0.899. The zero-order valence-corrected chi connectivity index (χ0v) is 6.51. The highest BCUT2D eigenvalue weighted by molar-refractivity contribution is 5.88. The van der Waals surface area contributed by atoms with Gasteiger partial charge in [0.2, 0.25) is 0 Å². The summed E-state index contributed by atoms with van der Waals surface area (Å²) in [7, 11) is 1.59. The van der Waals surface area contributed by atoms with Gasteiger partial charge >= 0.3 is 0 Å². The lowest BCUT2D eigenvalue weighted by molar-refractivity contribution is 0.294. The van der Waals surface area contributed by atoms with Crippen LogP contribution >= 0.6 is 0 Å². The summed E-state index contributed by atoms with van der Waals surface area (Å²) in [5.74, 6) is 1.07. The first-order valence-electron chi connectivity index (χ1n) is 2.97. The summed E-state index contributed by atoms with van der Waals surface area (Å²) in [6, 6.07) is 0. The number of aliphatic imine (C=N–C) groups is 1. The summed E-state index contributed by atoms with van der Waals surface area (Å²) in [4.78, 5) is 3.71. The normalized spacial score (nSPS) is 12.1. The van der Waals surface area contributed by atoms with Gasteiger partial charge in [-0.1, -0.05) is 0 Å². The lowest BCUT2D eigenvalue weighted by atomic mass is 10.5. The molecule has 0 unspecified atom stereocenters. The minimum absolute atomic E-state index is 0.292. The van der Waals surface area contributed by atoms with E-state index in [1.807, 2.05) is 6.92 Å². The predicted molar refractivity (Wildman–Crippen MR) is 42.7 cm³/mol. The van der Waals surface area contributed by atoms with Crippen molar-refractivity contribution in [2.45, 2.75) is 13.8 Å². The number of nitrogens with one attached hydrogen (secondary N) is 1. The van der Waals surface area contributed by atoms with E-state index in [0.717, 1.165) is 5.76 Å². The first kappa shape index (κ1) is 8.88. The number of ether oxygens (including phenoxy) is 1. The van der Waals surface area contributed by atoms with Crippen LogP contribution in [-0.4, -0.2) is 19.2 Å². The molecule has 0 aliphatic heterocycles. The molecule has 0 atom stereocenters. The minimum Gasteiger partial charge on any atom is -0.501 e. The van der Waals surface area contributed by atoms with E-state index in [2.05, 4.69) is 4.99 Å². The SMILES string of the molecule is CO/C(C)=C/C=N\C(C)=N. The molecular formula is C7H12N2O. The maximum atomic E-state index is 6.93. The van der Waals surface area contributed by atoms with Crippen LogP contribution in [0.3, 0.4) is 0 Å². The van der Waals surface area contributed by atoms with Crippen LogP contribution in [0.2, 0.25) is 0 Å². The molecule has 0 radical (unpaired) electrons. The molecular weight excluding hydrogens is 128 g/mol. The van der Waals surface area contributed by atoms with Crippen LogP contribution in [-0.2, 0) is 4.74 Å². The van der Waals surface area contributed by atoms with Crippen molar-refractivity contribution in [1.29, 1.82) is 5.41 Å². The number of nitrogens with zero attached hydrogens (tertiary/aromatic N) is 1. The average Bonchev–Trinajstić information content (AvgIpc) is 1.87. The Morgan fingerprint density at radius 3 is 2.50 bits per heavy atom. The van der Waals surface area contributed by atoms with E-state index in [-0.39, 0.29) is 0 Å². The Balaban J connectivity index is 3.82. The van der Waals surface area contributed by atoms with Crippen molar-refractivity contribution >= 4 is 12.1 Å². The Hall–Kier alpha value is -1.12. The molecule has 3 heteroatoms. The summed E-state index contributed by atoms with van der Waals surface area (Å²) in [6.45, 7) is 3.44. The third kappa shape index (κ3) is 5.03. The van der Waals surface area contributed by atoms with Gasteiger partial charge in [0.25, 0.3) is 0 Å². The molecule has 0 amide bonds. The maximum absolute atomic E-state index is 6.93. The fourth-order valence-electron chi connectivity index (χ4n) is 0.322. The van der Waals surface area contributed by atoms with Gasteiger partial charge in [0.1, 0.15) is 5.84 Å². The van der Waals surface area contributed by atoms with E-state index in [1.54, 1.807) is 26.3 Å². The first-order valence-corrected chi connectivity index (χ1v) is 2.97. The number of rotatable bonds is 2. The summed E-state index contributed by atoms with van der Waals surface area (Å²) in [6.07, 6.45) is 3.25. The molecule has 0 bridgehead atoms. The molecule has 0 aliphatic carbocycles. The summed E-state index contributed by atoms with van der Waals surface area (Å²) >= 11 is 0. The van der Waals surface area contributed by atoms with Crippen LogP contribution in [0.4, 0.5) is 0 Å². The molecule has 0 aromatic carbocycles. The third-order valence-electron chi connectivity index (χ3n) is 0.899. The van der Waals surface area contributed by atoms with Gasteiger partial charge in [0, 0.05) is 6.21 Å². The Bertz CT molecular complexity index is 170. The fourth-order valence-corrected chi connectivity index (χ4v) is 0.322. The van der Waals surface area contributed by atoms with Crippen LogP contribution in [0.1, 0.15) is 13.8 Å². The lowest BCUT2D eigenvalue weighted by Gasteiger charge is -1.93. The molecule has 56 valence electrons. The van der Waals surface area contributed by atoms with Gasteiger partial charge in [-0.15, -0.1) is 0 Å². The monoisotopic (exact) mass is 140 g/mol. The van der Waals surface area contributed by atoms with Gasteiger partial charge in [-0.25, -0.2) is 4.99 Å². The van der Waals surface area contributed by atoms with E-state index >= 15 is 0 Å². The van der Waals surface area contributed by atoms with Crippen LogP contribution in [0.15, 0.2) is 16.8 Å². The van der Waals surface area contributed by atoms with Gasteiger partial charge in [0.05, 0.1) is 12.9 Å². The molecule has 0 aromatic heterocycles. The van der Waals surface area contributed by atoms with E-state index in [0.29, 0.717) is 5.84 Å². The predicted octanol–water partition coefficient (Wildman–Crippen LogP) is 1.60. The molecule has 1 N–H and O–H groups in total. The van der Waals surface area contributed by atoms with Gasteiger partial charge in [-0.2, -0.15) is 0 Å². The Morgan fingerprint density at radius 1 is 1.50 bits per heavy atom. The molecule has 10 heavy (non-hydrogen) atoms. The molecule has 3 nitrogen and oxygen atoms in total. The second kappa shape index (κ2) is 4.73. The van der Waals surface area contributed by atoms with Crippen molar-refractivity contribution in [3.05, 3.63) is 11.8 Å². The Morgan fingerprint density at radius 2 is 2.10 bits per heavy atom. The van der Waals surface area contributed by atoms with Gasteiger partial charge in [-0.05, 0) is 19.9 Å². The van der Waals surface area contributed by atoms with E-state index in [9.17, 15) is 0 Å². The average molecular weight is 140 g/mol. The fraction of sp³-hybridized carbons (Fsp3) is 0.429. The van der Waals surface area contributed by atoms with Crippen molar-refractivity contribution in [1.82, 2.24) is 0 Å². The lowest BCUT2D eigenvalue weighted by Crippen LogP contribution is -1.83. The van der Waals surface area contributed by atoms with Gasteiger partial charge < -0.3 is 4.74 Å². The van der Waals surface area contributed by atoms with E-state index < -0.39 is 0 Å². The largest absolute Gasteiger partial charge is 0.501 e. The molecule has 0 rings (SSSR count). The van der Waals surface area contributed by atoms with Gasteiger partial charge in [-0.3, -0.25) is 5.41 Å². The summed E-state index contributed by atoms with van der Waals surface area (Å²) in [5, 5.41) is 6.93. The van der Waals surface area contributed by atoms with Crippen LogP contribution in [0, 0.1) is 5.41 Å². The zero-order chi connectivity index (χ0) is 7.98. The highest BCUT2D eigenvalue weighted by Crippen LogP contribution is 1.88. The quantitative estimate of drug-likeness (QED) is 0.353. The number of hydrogen-bond donors (Lipinski definition) is 1. The molecule has 0 fully saturated rings. The topological polar surface area (TPSA) is 45.4 Å². The standard InChI is InChI=1S/C7H12N2O/c1-6(10-3)4-5-9-7(2)8/h4-5,8H,1-3H3/b6-4+,8-7?,9-5-. The molecule has 0 spiro atoms. The van der Waals surface area contributed by atoms with Crippen LogP contribution in [0.5, 0.6) is 0 Å². The van der Waals surface area contributed by atoms with Crippen molar-refractivity contribution < 1.29 is 4.74 Å². The molecule has 0 aliphatic rings. The maximum Gasteiger partial charge on any atom is 0.117 e. The van der Waals surface area contributed by atoms with Crippen LogP contribution < -0.4 is 0 Å². The Kier molecular flexibility index (Phi) is 4.20. The van der Waals surface area contributed by atoms with Crippen molar-refractivity contribution in [3.63, 3.8) is 0 Å². The highest BCUT2D eigenvalue weighted by atomic mass is 16.5. The van der Waals surface area contributed by atoms with Crippen molar-refractivity contribution in [2.75, 3.05) is 7.11 Å². The van der Waals surface area contributed by atoms with Crippen molar-refractivity contribution in [3.8, 4) is 0 Å². The van der Waals surface area contributed by atoms with Crippen LogP contribution in [0.25, 0.3) is 0 Å². The minimum atomic E-state index is 0.292. The molecule has 0 heterocycles. The van der Waals surface area contributed by atoms with Gasteiger partial charge in [0.15, 0.2) is 0 Å². The molecule has 0 saturated carbocycles. The summed E-state index contributed by atoms with van der Waals surface area (Å²) < 4.78 is 4.83. The second-order valence-electron chi connectivity index (χ2n) is 1.85. The number of amidine groups is 1. The first-order chi connectivity index (χ1) is 4.66. The van der Waals surface area contributed by atoms with E-state index in [4.69, 9.17) is 10.1 Å². The number of hydrogen-bond acceptors (Lipinski definition) is 2. The molecule has 0 saturated heterocycles. The smallest absolute Gasteiger partial charge is 0.117 e. The highest BCUT2D eigenvalue weighted by Gasteiger charge is 1.79. The molecule has 0 aromatic rings. The Labute approximate surface area is 60.9 Å². The second-order valence-corrected chi connectivity index (χ2v) is 1.85. The zero-order valence-electron chi connectivity index (χ0n) is 6.51. The summed E-state index contributed by atoms with van der Waals surface area (Å²) in [5.41, 5.74) is 0. The number of methoxy groups -OCH3 is 1. The van der Waals surface area contributed by atoms with E-state index in [1.165, 1.54) is 0 Å².